The monoisotopic (exact) mass is 1050 g/mol. The van der Waals surface area contributed by atoms with Crippen molar-refractivity contribution in [1.82, 2.24) is 53.6 Å². The number of aryl methyl sites for hydroxylation is 4. The molecule has 75 heavy (non-hydrogen) atoms. The maximum absolute atomic E-state index is 13.9. The van der Waals surface area contributed by atoms with Crippen LogP contribution in [0.15, 0.2) is 53.1 Å². The number of nitrogens with two attached hydrogens (primary N) is 3. The molecule has 1 saturated heterocycles. The Morgan fingerprint density at radius 2 is 1.77 bits per heavy atom. The molecule has 1 fully saturated rings. The second-order valence-corrected chi connectivity index (χ2v) is 18.9. The molecule has 8 rings (SSSR count). The van der Waals surface area contributed by atoms with Crippen molar-refractivity contribution in [3.63, 3.8) is 0 Å². The molecule has 392 valence electrons. The van der Waals surface area contributed by atoms with E-state index in [1.165, 1.54) is 17.0 Å². The van der Waals surface area contributed by atoms with Gasteiger partial charge in [-0.05, 0) is 57.0 Å². The molecule has 6 aromatic heterocycles. The van der Waals surface area contributed by atoms with Gasteiger partial charge in [0.15, 0.2) is 11.7 Å². The number of ether oxygens (including phenoxy) is 1. The van der Waals surface area contributed by atoms with Gasteiger partial charge in [-0.25, -0.2) is 24.9 Å². The molecule has 1 aromatic carbocycles. The summed E-state index contributed by atoms with van der Waals surface area (Å²) in [7, 11) is 1.58. The molecule has 25 nitrogen and oxygen atoms in total. The third kappa shape index (κ3) is 11.2. The van der Waals surface area contributed by atoms with Crippen LogP contribution < -0.4 is 27.3 Å². The zero-order chi connectivity index (χ0) is 53.8. The van der Waals surface area contributed by atoms with Gasteiger partial charge in [-0.15, -0.1) is 11.8 Å². The van der Waals surface area contributed by atoms with Crippen LogP contribution in [0.5, 0.6) is 5.75 Å². The lowest BCUT2D eigenvalue weighted by atomic mass is 10.1. The van der Waals surface area contributed by atoms with Crippen LogP contribution in [-0.2, 0) is 45.2 Å². The summed E-state index contributed by atoms with van der Waals surface area (Å²) in [6.07, 6.45) is 5.85. The van der Waals surface area contributed by atoms with Gasteiger partial charge < -0.3 is 45.5 Å². The Labute approximate surface area is 431 Å². The Bertz CT molecular complexity index is 3450. The van der Waals surface area contributed by atoms with Gasteiger partial charge in [0.2, 0.25) is 35.3 Å². The number of hydrogen-bond donors (Lipinski definition) is 5. The standard InChI is InChI=1S/C49H55N15O10S/c1-6-30-41(74-26(4)54-30)46(69)58-49-56-32-20-27(42(51)67)21-35(73-18-10-14-60(5)37(65)13-17-62-38(66)22-36(47(62)70)75-24-29(50)48(71)72)40(32)63(49)16-9-8-15-61-33-12-11-31(43(52)68)55-39(33)28-23-53-44(57-45(28)61)34-19-25(3)59-64(34)7-2/h8-9,11-12,19-21,23,29,36H,6-7,10,13-18,22,24,50H2,1-5H3,(H2,51,67)(H2,52,68)(H,71,72)(H,56,58,69)/b9-8+/t29-,36?/m0/s1. The number of anilines is 1. The Hall–Kier alpha value is -8.52. The minimum Gasteiger partial charge on any atom is -0.491 e. The third-order valence-corrected chi connectivity index (χ3v) is 13.7. The van der Waals surface area contributed by atoms with E-state index in [1.54, 1.807) is 36.9 Å². The number of nitrogens with zero attached hydrogens (tertiary/aromatic N) is 11. The normalized spacial score (nSPS) is 14.2. The zero-order valence-corrected chi connectivity index (χ0v) is 42.5. The number of oxazole rings is 1. The maximum atomic E-state index is 13.9. The second kappa shape index (κ2) is 22.3. The number of aromatic nitrogens is 9. The van der Waals surface area contributed by atoms with Gasteiger partial charge in [0.1, 0.15) is 39.9 Å². The smallest absolute Gasteiger partial charge is 0.321 e. The number of imide groups is 1. The average molecular weight is 1050 g/mol. The van der Waals surface area contributed by atoms with Crippen LogP contribution in [-0.4, -0.2) is 144 Å². The Morgan fingerprint density at radius 1 is 1.01 bits per heavy atom. The number of rotatable bonds is 23. The highest BCUT2D eigenvalue weighted by atomic mass is 32.2. The first-order chi connectivity index (χ1) is 35.9. The highest BCUT2D eigenvalue weighted by Crippen LogP contribution is 2.33. The Balaban J connectivity index is 1.05. The lowest BCUT2D eigenvalue weighted by Crippen LogP contribution is -2.37. The molecule has 0 spiro atoms. The molecule has 6 amide bonds. The summed E-state index contributed by atoms with van der Waals surface area (Å²) < 4.78 is 17.5. The fourth-order valence-corrected chi connectivity index (χ4v) is 9.73. The fraction of sp³-hybridized carbons (Fsp3) is 0.367. The number of primary amides is 2. The first kappa shape index (κ1) is 52.8. The molecular formula is C49H55N15O10S. The van der Waals surface area contributed by atoms with E-state index in [9.17, 15) is 33.6 Å². The number of imidazole rings is 1. The zero-order valence-electron chi connectivity index (χ0n) is 41.7. The first-order valence-electron chi connectivity index (χ1n) is 24.0. The van der Waals surface area contributed by atoms with Crippen molar-refractivity contribution in [1.29, 1.82) is 0 Å². The van der Waals surface area contributed by atoms with E-state index in [2.05, 4.69) is 25.4 Å². The van der Waals surface area contributed by atoms with Crippen molar-refractivity contribution >= 4 is 92.2 Å². The van der Waals surface area contributed by atoms with Crippen LogP contribution in [0.3, 0.4) is 0 Å². The number of nitrogens with one attached hydrogen (secondary N) is 1. The summed E-state index contributed by atoms with van der Waals surface area (Å²) in [4.78, 5) is 114. The van der Waals surface area contributed by atoms with Crippen LogP contribution >= 0.6 is 11.8 Å². The molecule has 0 aliphatic carbocycles. The molecule has 2 atom stereocenters. The lowest BCUT2D eigenvalue weighted by molar-refractivity contribution is -0.140. The number of carboxylic acids is 1. The summed E-state index contributed by atoms with van der Waals surface area (Å²) in [6, 6.07) is 6.97. The number of allylic oxidation sites excluding steroid dienone is 2. The predicted octanol–water partition coefficient (Wildman–Crippen LogP) is 2.98. The van der Waals surface area contributed by atoms with Crippen LogP contribution in [0, 0.1) is 13.8 Å². The van der Waals surface area contributed by atoms with Crippen LogP contribution in [0.25, 0.3) is 44.6 Å². The van der Waals surface area contributed by atoms with Crippen LogP contribution in [0.1, 0.15) is 81.8 Å². The molecule has 0 radical (unpaired) electrons. The molecule has 0 bridgehead atoms. The Morgan fingerprint density at radius 3 is 2.48 bits per heavy atom. The fourth-order valence-electron chi connectivity index (χ4n) is 8.62. The van der Waals surface area contributed by atoms with Gasteiger partial charge in [-0.3, -0.25) is 48.5 Å². The molecule has 7 aromatic rings. The van der Waals surface area contributed by atoms with Crippen molar-refractivity contribution in [2.45, 2.75) is 84.3 Å². The lowest BCUT2D eigenvalue weighted by Gasteiger charge is -2.20. The van der Waals surface area contributed by atoms with E-state index in [4.69, 9.17) is 41.4 Å². The Kier molecular flexibility index (Phi) is 15.7. The highest BCUT2D eigenvalue weighted by Gasteiger charge is 2.39. The molecule has 1 unspecified atom stereocenters. The molecule has 1 aliphatic heterocycles. The van der Waals surface area contributed by atoms with Crippen LogP contribution in [0.4, 0.5) is 5.95 Å². The van der Waals surface area contributed by atoms with Gasteiger partial charge in [-0.1, -0.05) is 19.1 Å². The average Bonchev–Trinajstić information content (AvgIpc) is 4.20. The minimum absolute atomic E-state index is 0.00935. The summed E-state index contributed by atoms with van der Waals surface area (Å²) in [6.45, 7) is 8.38. The summed E-state index contributed by atoms with van der Waals surface area (Å²) in [5.74, 6) is -3.58. The number of carbonyl (C=O) groups is 7. The summed E-state index contributed by atoms with van der Waals surface area (Å²) in [5.41, 5.74) is 21.4. The maximum Gasteiger partial charge on any atom is 0.321 e. The van der Waals surface area contributed by atoms with Crippen molar-refractivity contribution in [3.8, 4) is 17.3 Å². The number of carboxylic acid groups (broad SMARTS) is 1. The quantitative estimate of drug-likeness (QED) is 0.0349. The number of pyridine rings is 1. The summed E-state index contributed by atoms with van der Waals surface area (Å²) in [5, 5.41) is 16.3. The van der Waals surface area contributed by atoms with Crippen molar-refractivity contribution < 1.29 is 47.8 Å². The van der Waals surface area contributed by atoms with E-state index in [0.29, 0.717) is 64.4 Å². The van der Waals surface area contributed by atoms with E-state index >= 15 is 0 Å². The van der Waals surface area contributed by atoms with Gasteiger partial charge in [-0.2, -0.15) is 5.10 Å². The van der Waals surface area contributed by atoms with E-state index in [0.717, 1.165) is 28.0 Å². The van der Waals surface area contributed by atoms with Crippen molar-refractivity contribution in [2.24, 2.45) is 17.2 Å². The number of fused-ring (bicyclic) bond motifs is 4. The molecule has 8 N–H and O–H groups in total. The van der Waals surface area contributed by atoms with E-state index in [-0.39, 0.29) is 91.5 Å². The van der Waals surface area contributed by atoms with Crippen LogP contribution in [0.2, 0.25) is 0 Å². The number of likely N-dealkylation sites (tertiary alicyclic amines) is 1. The second-order valence-electron chi connectivity index (χ2n) is 17.6. The summed E-state index contributed by atoms with van der Waals surface area (Å²) >= 11 is 0.998. The van der Waals surface area contributed by atoms with Gasteiger partial charge >= 0.3 is 5.97 Å². The van der Waals surface area contributed by atoms with Gasteiger partial charge in [0.25, 0.3) is 11.8 Å². The number of amides is 6. The van der Waals surface area contributed by atoms with E-state index < -0.39 is 46.8 Å². The topological polar surface area (TPSA) is 351 Å². The predicted molar refractivity (Wildman–Crippen MR) is 275 cm³/mol. The SMILES string of the molecule is CCc1nc(C)oc1C(=O)Nc1nc2cc(C(N)=O)cc(OCCCN(C)C(=O)CCN3C(=O)CC(SC[C@H](N)C(=O)O)C3=O)c2n1C/C=C/Cn1c2ccc(C(N)=O)nc2c2cnc(-c3cc(C)nn3CC)nc21. The molecule has 26 heteroatoms. The van der Waals surface area contributed by atoms with E-state index in [1.807, 2.05) is 48.2 Å². The molecule has 7 heterocycles. The number of thioether (sulfide) groups is 1. The molecule has 0 saturated carbocycles. The van der Waals surface area contributed by atoms with Gasteiger partial charge in [0, 0.05) is 77.0 Å². The van der Waals surface area contributed by atoms with Gasteiger partial charge in [0.05, 0.1) is 39.7 Å². The van der Waals surface area contributed by atoms with Crippen molar-refractivity contribution in [2.75, 3.05) is 37.8 Å². The first-order valence-corrected chi connectivity index (χ1v) is 25.0. The molecule has 1 aliphatic rings. The number of hydrogen-bond acceptors (Lipinski definition) is 17. The van der Waals surface area contributed by atoms with Crippen molar-refractivity contribution in [3.05, 3.63) is 83.0 Å². The number of benzene rings is 1. The highest BCUT2D eigenvalue weighted by molar-refractivity contribution is 8.00. The largest absolute Gasteiger partial charge is 0.491 e. The minimum atomic E-state index is -1.22. The number of aliphatic carboxylic acids is 1. The third-order valence-electron chi connectivity index (χ3n) is 12.4. The molecular weight excluding hydrogens is 991 g/mol. The number of carbonyl (C=O) groups excluding carboxylic acids is 6.